The molecule has 5 nitrogen and oxygen atoms in total. The summed E-state index contributed by atoms with van der Waals surface area (Å²) in [5, 5.41) is 2.90. The van der Waals surface area contributed by atoms with Crippen molar-refractivity contribution >= 4 is 12.1 Å². The summed E-state index contributed by atoms with van der Waals surface area (Å²) >= 11 is 0. The monoisotopic (exact) mass is 441 g/mol. The van der Waals surface area contributed by atoms with Crippen molar-refractivity contribution in [3.05, 3.63) is 107 Å². The molecule has 0 unspecified atom stereocenters. The highest BCUT2D eigenvalue weighted by Crippen LogP contribution is 2.44. The van der Waals surface area contributed by atoms with Crippen LogP contribution in [0.5, 0.6) is 0 Å². The van der Waals surface area contributed by atoms with Crippen LogP contribution in [0.1, 0.15) is 29.5 Å². The van der Waals surface area contributed by atoms with Crippen LogP contribution in [0.3, 0.4) is 0 Å². The average Bonchev–Trinajstić information content (AvgIpc) is 3.16. The van der Waals surface area contributed by atoms with Gasteiger partial charge in [0, 0.05) is 11.5 Å². The molecular weight excluding hydrogens is 414 g/mol. The van der Waals surface area contributed by atoms with Gasteiger partial charge in [-0.2, -0.15) is 0 Å². The standard InChI is InChI=1S/C28H27NO4/c1-19(27(30)32-2)16-21(17-20-10-4-3-5-11-20)29-28(31)33-18-26-24-14-8-6-12-22(24)23-13-7-9-15-25(23)26/h3-16,21,26H,17-18H2,1-2H3,(H,29,31)/b19-16+/t21-/m1/s1. The van der Waals surface area contributed by atoms with Crippen molar-refractivity contribution in [2.24, 2.45) is 0 Å². The Labute approximate surface area is 194 Å². The summed E-state index contributed by atoms with van der Waals surface area (Å²) in [6.45, 7) is 1.90. The summed E-state index contributed by atoms with van der Waals surface area (Å²) in [6, 6.07) is 25.8. The maximum absolute atomic E-state index is 12.8. The molecule has 1 N–H and O–H groups in total. The molecule has 3 aromatic rings. The van der Waals surface area contributed by atoms with Crippen LogP contribution in [0.2, 0.25) is 0 Å². The van der Waals surface area contributed by atoms with Crippen molar-refractivity contribution in [2.45, 2.75) is 25.3 Å². The van der Waals surface area contributed by atoms with E-state index >= 15 is 0 Å². The zero-order valence-electron chi connectivity index (χ0n) is 18.8. The van der Waals surface area contributed by atoms with Gasteiger partial charge in [0.15, 0.2) is 0 Å². The number of rotatable bonds is 7. The summed E-state index contributed by atoms with van der Waals surface area (Å²) in [4.78, 5) is 24.7. The molecule has 1 amide bonds. The molecule has 3 aromatic carbocycles. The SMILES string of the molecule is COC(=O)/C(C)=C/[C@H](Cc1ccccc1)NC(=O)OCC1c2ccccc2-c2ccccc21. The molecule has 168 valence electrons. The number of alkyl carbamates (subject to hydrolysis) is 1. The summed E-state index contributed by atoms with van der Waals surface area (Å²) in [5.74, 6) is -0.439. The lowest BCUT2D eigenvalue weighted by atomic mass is 9.98. The largest absolute Gasteiger partial charge is 0.466 e. The first-order valence-corrected chi connectivity index (χ1v) is 11.0. The molecule has 0 heterocycles. The fourth-order valence-electron chi connectivity index (χ4n) is 4.34. The van der Waals surface area contributed by atoms with Crippen molar-refractivity contribution in [1.82, 2.24) is 5.32 Å². The molecular formula is C28H27NO4. The van der Waals surface area contributed by atoms with Crippen molar-refractivity contribution in [1.29, 1.82) is 0 Å². The summed E-state index contributed by atoms with van der Waals surface area (Å²) in [6.07, 6.45) is 1.71. The molecule has 0 fully saturated rings. The highest BCUT2D eigenvalue weighted by atomic mass is 16.5. The highest BCUT2D eigenvalue weighted by Gasteiger charge is 2.29. The number of carbonyl (C=O) groups is 2. The first-order chi connectivity index (χ1) is 16.1. The predicted octanol–water partition coefficient (Wildman–Crippen LogP) is 5.26. The molecule has 0 aliphatic heterocycles. The Morgan fingerprint density at radius 2 is 1.48 bits per heavy atom. The molecule has 0 radical (unpaired) electrons. The highest BCUT2D eigenvalue weighted by molar-refractivity contribution is 5.87. The normalized spacial score (nSPS) is 13.6. The zero-order chi connectivity index (χ0) is 23.2. The summed E-state index contributed by atoms with van der Waals surface area (Å²) in [7, 11) is 1.34. The van der Waals surface area contributed by atoms with E-state index in [1.165, 1.54) is 18.2 Å². The van der Waals surface area contributed by atoms with E-state index in [-0.39, 0.29) is 12.5 Å². The van der Waals surface area contributed by atoms with Crippen LogP contribution in [-0.2, 0) is 20.7 Å². The third-order valence-electron chi connectivity index (χ3n) is 5.90. The fourth-order valence-corrected chi connectivity index (χ4v) is 4.34. The molecule has 4 rings (SSSR count). The minimum absolute atomic E-state index is 0.0110. The van der Waals surface area contributed by atoms with E-state index in [0.29, 0.717) is 12.0 Å². The van der Waals surface area contributed by atoms with Crippen molar-refractivity contribution in [2.75, 3.05) is 13.7 Å². The van der Waals surface area contributed by atoms with Gasteiger partial charge in [-0.1, -0.05) is 84.9 Å². The molecule has 0 bridgehead atoms. The van der Waals surface area contributed by atoms with E-state index in [9.17, 15) is 9.59 Å². The third-order valence-corrected chi connectivity index (χ3v) is 5.90. The molecule has 1 atom stereocenters. The second-order valence-electron chi connectivity index (χ2n) is 8.11. The number of hydrogen-bond acceptors (Lipinski definition) is 4. The number of nitrogens with one attached hydrogen (secondary N) is 1. The Morgan fingerprint density at radius 3 is 2.09 bits per heavy atom. The van der Waals surface area contributed by atoms with E-state index in [2.05, 4.69) is 29.6 Å². The maximum Gasteiger partial charge on any atom is 0.407 e. The molecule has 0 saturated carbocycles. The predicted molar refractivity (Wildman–Crippen MR) is 128 cm³/mol. The van der Waals surface area contributed by atoms with Crippen LogP contribution in [-0.4, -0.2) is 31.8 Å². The minimum Gasteiger partial charge on any atom is -0.466 e. The van der Waals surface area contributed by atoms with Crippen molar-refractivity contribution in [3.63, 3.8) is 0 Å². The van der Waals surface area contributed by atoms with Crippen LogP contribution < -0.4 is 5.32 Å². The quantitative estimate of drug-likeness (QED) is 0.401. The lowest BCUT2D eigenvalue weighted by molar-refractivity contribution is -0.136. The van der Waals surface area contributed by atoms with Crippen LogP contribution in [0.25, 0.3) is 11.1 Å². The Bertz CT molecular complexity index is 1120. The lowest BCUT2D eigenvalue weighted by Crippen LogP contribution is -2.36. The number of hydrogen-bond donors (Lipinski definition) is 1. The number of amides is 1. The second-order valence-corrected chi connectivity index (χ2v) is 8.11. The third kappa shape index (κ3) is 5.14. The molecule has 0 aromatic heterocycles. The average molecular weight is 442 g/mol. The van der Waals surface area contributed by atoms with Gasteiger partial charge in [-0.05, 0) is 41.2 Å². The van der Waals surface area contributed by atoms with Crippen LogP contribution in [0, 0.1) is 0 Å². The number of ether oxygens (including phenoxy) is 2. The fraction of sp³-hybridized carbons (Fsp3) is 0.214. The first-order valence-electron chi connectivity index (χ1n) is 11.0. The van der Waals surface area contributed by atoms with Gasteiger partial charge in [0.05, 0.1) is 13.2 Å². The molecule has 1 aliphatic carbocycles. The molecule has 33 heavy (non-hydrogen) atoms. The van der Waals surface area contributed by atoms with E-state index in [1.54, 1.807) is 13.0 Å². The Morgan fingerprint density at radius 1 is 0.909 bits per heavy atom. The number of fused-ring (bicyclic) bond motifs is 3. The maximum atomic E-state index is 12.8. The molecule has 0 saturated heterocycles. The number of benzene rings is 3. The molecule has 5 heteroatoms. The van der Waals surface area contributed by atoms with Crippen molar-refractivity contribution in [3.8, 4) is 11.1 Å². The van der Waals surface area contributed by atoms with Gasteiger partial charge in [0.2, 0.25) is 0 Å². The van der Waals surface area contributed by atoms with Crippen LogP contribution >= 0.6 is 0 Å². The minimum atomic E-state index is -0.522. The van der Waals surface area contributed by atoms with Crippen LogP contribution in [0.15, 0.2) is 90.5 Å². The number of methoxy groups -OCH3 is 1. The topological polar surface area (TPSA) is 64.6 Å². The first kappa shape index (κ1) is 22.3. The van der Waals surface area contributed by atoms with Gasteiger partial charge >= 0.3 is 12.1 Å². The van der Waals surface area contributed by atoms with Gasteiger partial charge in [0.1, 0.15) is 6.61 Å². The summed E-state index contributed by atoms with van der Waals surface area (Å²) < 4.78 is 10.5. The Balaban J connectivity index is 1.47. The zero-order valence-corrected chi connectivity index (χ0v) is 18.8. The van der Waals surface area contributed by atoms with E-state index in [4.69, 9.17) is 9.47 Å². The van der Waals surface area contributed by atoms with Gasteiger partial charge in [0.25, 0.3) is 0 Å². The van der Waals surface area contributed by atoms with Gasteiger partial charge in [-0.15, -0.1) is 0 Å². The number of esters is 1. The van der Waals surface area contributed by atoms with E-state index in [1.807, 2.05) is 54.6 Å². The Kier molecular flexibility index (Phi) is 6.89. The Hall–Kier alpha value is -3.86. The van der Waals surface area contributed by atoms with Gasteiger partial charge in [-0.3, -0.25) is 0 Å². The van der Waals surface area contributed by atoms with Crippen molar-refractivity contribution < 1.29 is 19.1 Å². The summed E-state index contributed by atoms with van der Waals surface area (Å²) in [5.41, 5.74) is 6.15. The number of carbonyl (C=O) groups excluding carboxylic acids is 2. The van der Waals surface area contributed by atoms with Gasteiger partial charge in [-0.25, -0.2) is 9.59 Å². The smallest absolute Gasteiger partial charge is 0.407 e. The van der Waals surface area contributed by atoms with Gasteiger partial charge < -0.3 is 14.8 Å². The molecule has 0 spiro atoms. The van der Waals surface area contributed by atoms with Crippen LogP contribution in [0.4, 0.5) is 4.79 Å². The lowest BCUT2D eigenvalue weighted by Gasteiger charge is -2.18. The van der Waals surface area contributed by atoms with E-state index in [0.717, 1.165) is 16.7 Å². The molecule has 1 aliphatic rings. The second kappa shape index (κ2) is 10.2. The van der Waals surface area contributed by atoms with E-state index < -0.39 is 18.1 Å².